The van der Waals surface area contributed by atoms with Gasteiger partial charge in [0.2, 0.25) is 0 Å². The SMILES string of the molecule is CC(=O)Oc1cc(N(C)C)ccc1/C=C1/C(=O)NN(c2ccccc2)C1=O. The van der Waals surface area contributed by atoms with Gasteiger partial charge in [-0.1, -0.05) is 18.2 Å². The Labute approximate surface area is 156 Å². The first-order chi connectivity index (χ1) is 12.9. The average Bonchev–Trinajstić information content (AvgIpc) is 2.91. The first-order valence-electron chi connectivity index (χ1n) is 8.29. The number of anilines is 2. The number of carbonyl (C=O) groups is 3. The lowest BCUT2D eigenvalue weighted by atomic mass is 10.1. The topological polar surface area (TPSA) is 79.0 Å². The number of hydrazine groups is 1. The highest BCUT2D eigenvalue weighted by Gasteiger charge is 2.34. The second kappa shape index (κ2) is 7.33. The molecule has 1 aliphatic rings. The zero-order valence-electron chi connectivity index (χ0n) is 15.2. The number of ether oxygens (including phenoxy) is 1. The summed E-state index contributed by atoms with van der Waals surface area (Å²) in [4.78, 5) is 38.3. The minimum atomic E-state index is -0.519. The molecule has 0 radical (unpaired) electrons. The van der Waals surface area contributed by atoms with Crippen molar-refractivity contribution in [3.05, 3.63) is 59.7 Å². The van der Waals surface area contributed by atoms with Gasteiger partial charge < -0.3 is 9.64 Å². The van der Waals surface area contributed by atoms with Gasteiger partial charge in [0.25, 0.3) is 11.8 Å². The third-order valence-corrected chi connectivity index (χ3v) is 3.97. The zero-order chi connectivity index (χ0) is 19.6. The zero-order valence-corrected chi connectivity index (χ0v) is 15.2. The van der Waals surface area contributed by atoms with Crippen LogP contribution in [0.15, 0.2) is 54.1 Å². The first-order valence-corrected chi connectivity index (χ1v) is 8.29. The number of nitrogens with zero attached hydrogens (tertiary/aromatic N) is 2. The van der Waals surface area contributed by atoms with Crippen LogP contribution >= 0.6 is 0 Å². The Morgan fingerprint density at radius 1 is 1.11 bits per heavy atom. The fourth-order valence-corrected chi connectivity index (χ4v) is 2.64. The van der Waals surface area contributed by atoms with E-state index in [9.17, 15) is 14.4 Å². The monoisotopic (exact) mass is 365 g/mol. The normalized spacial score (nSPS) is 15.1. The molecule has 2 amide bonds. The van der Waals surface area contributed by atoms with E-state index in [0.29, 0.717) is 11.3 Å². The summed E-state index contributed by atoms with van der Waals surface area (Å²) in [6.45, 7) is 1.30. The number of nitrogens with one attached hydrogen (secondary N) is 1. The number of para-hydroxylation sites is 1. The molecule has 3 rings (SSSR count). The predicted molar refractivity (Wildman–Crippen MR) is 102 cm³/mol. The van der Waals surface area contributed by atoms with Gasteiger partial charge in [0.1, 0.15) is 11.3 Å². The molecule has 0 atom stereocenters. The molecule has 7 nitrogen and oxygen atoms in total. The lowest BCUT2D eigenvalue weighted by Crippen LogP contribution is -2.35. The second-order valence-electron chi connectivity index (χ2n) is 6.19. The van der Waals surface area contributed by atoms with Crippen molar-refractivity contribution >= 4 is 35.2 Å². The molecule has 0 aromatic heterocycles. The summed E-state index contributed by atoms with van der Waals surface area (Å²) in [5.41, 5.74) is 4.34. The highest BCUT2D eigenvalue weighted by atomic mass is 16.5. The van der Waals surface area contributed by atoms with Crippen molar-refractivity contribution in [3.8, 4) is 5.75 Å². The number of amides is 2. The predicted octanol–water partition coefficient (Wildman–Crippen LogP) is 2.14. The highest BCUT2D eigenvalue weighted by molar-refractivity contribution is 6.31. The highest BCUT2D eigenvalue weighted by Crippen LogP contribution is 2.29. The van der Waals surface area contributed by atoms with Crippen molar-refractivity contribution in [2.45, 2.75) is 6.92 Å². The molecule has 0 spiro atoms. The van der Waals surface area contributed by atoms with Crippen LogP contribution in [0, 0.1) is 0 Å². The van der Waals surface area contributed by atoms with E-state index in [2.05, 4.69) is 5.43 Å². The van der Waals surface area contributed by atoms with Crippen molar-refractivity contribution in [3.63, 3.8) is 0 Å². The van der Waals surface area contributed by atoms with Gasteiger partial charge >= 0.3 is 5.97 Å². The van der Waals surface area contributed by atoms with Crippen LogP contribution in [0.3, 0.4) is 0 Å². The minimum absolute atomic E-state index is 0.0372. The Hall–Kier alpha value is -3.61. The van der Waals surface area contributed by atoms with Crippen LogP contribution in [0.4, 0.5) is 11.4 Å². The van der Waals surface area contributed by atoms with Gasteiger partial charge in [-0.25, -0.2) is 5.01 Å². The molecule has 2 aromatic carbocycles. The lowest BCUT2D eigenvalue weighted by Gasteiger charge is -2.15. The maximum absolute atomic E-state index is 12.7. The van der Waals surface area contributed by atoms with Gasteiger partial charge in [-0.05, 0) is 30.3 Å². The quantitative estimate of drug-likeness (QED) is 0.389. The molecule has 0 bridgehead atoms. The summed E-state index contributed by atoms with van der Waals surface area (Å²) in [6.07, 6.45) is 1.43. The van der Waals surface area contributed by atoms with E-state index < -0.39 is 17.8 Å². The second-order valence-corrected chi connectivity index (χ2v) is 6.19. The van der Waals surface area contributed by atoms with Crippen molar-refractivity contribution < 1.29 is 19.1 Å². The summed E-state index contributed by atoms with van der Waals surface area (Å²) in [7, 11) is 3.72. The Morgan fingerprint density at radius 3 is 2.44 bits per heavy atom. The van der Waals surface area contributed by atoms with E-state index >= 15 is 0 Å². The smallest absolute Gasteiger partial charge is 0.308 e. The standard InChI is InChI=1S/C20H19N3O4/c1-13(24)27-18-12-16(22(2)3)10-9-14(18)11-17-19(25)21-23(20(17)26)15-7-5-4-6-8-15/h4-12H,1-3H3,(H,21,25)/b17-11-. The fourth-order valence-electron chi connectivity index (χ4n) is 2.64. The molecule has 2 aromatic rings. The molecular weight excluding hydrogens is 346 g/mol. The molecule has 0 saturated carbocycles. The Balaban J connectivity index is 1.99. The van der Waals surface area contributed by atoms with E-state index in [1.165, 1.54) is 18.0 Å². The lowest BCUT2D eigenvalue weighted by molar-refractivity contribution is -0.131. The molecular formula is C20H19N3O4. The summed E-state index contributed by atoms with van der Waals surface area (Å²) in [5, 5.41) is 1.19. The van der Waals surface area contributed by atoms with Gasteiger partial charge in [-0.15, -0.1) is 0 Å². The minimum Gasteiger partial charge on any atom is -0.426 e. The van der Waals surface area contributed by atoms with E-state index in [0.717, 1.165) is 5.69 Å². The Kier molecular flexibility index (Phi) is 4.94. The molecule has 1 N–H and O–H groups in total. The van der Waals surface area contributed by atoms with Gasteiger partial charge in [0.05, 0.1) is 5.69 Å². The van der Waals surface area contributed by atoms with Crippen molar-refractivity contribution in [1.29, 1.82) is 0 Å². The van der Waals surface area contributed by atoms with E-state index in [4.69, 9.17) is 4.74 Å². The van der Waals surface area contributed by atoms with E-state index in [-0.39, 0.29) is 11.3 Å². The Bertz CT molecular complexity index is 935. The maximum atomic E-state index is 12.7. The van der Waals surface area contributed by atoms with E-state index in [1.54, 1.807) is 36.4 Å². The van der Waals surface area contributed by atoms with Gasteiger partial charge in [0.15, 0.2) is 0 Å². The van der Waals surface area contributed by atoms with Gasteiger partial charge in [0, 0.05) is 38.3 Å². The molecule has 1 aliphatic heterocycles. The molecule has 138 valence electrons. The number of benzene rings is 2. The number of carbonyl (C=O) groups excluding carboxylic acids is 3. The van der Waals surface area contributed by atoms with Crippen LogP contribution in [0.2, 0.25) is 0 Å². The molecule has 27 heavy (non-hydrogen) atoms. The molecule has 1 fully saturated rings. The molecule has 1 heterocycles. The summed E-state index contributed by atoms with van der Waals surface area (Å²) >= 11 is 0. The van der Waals surface area contributed by atoms with Crippen LogP contribution in [0.1, 0.15) is 12.5 Å². The largest absolute Gasteiger partial charge is 0.426 e. The molecule has 0 unspecified atom stereocenters. The summed E-state index contributed by atoms with van der Waals surface area (Å²) < 4.78 is 5.26. The van der Waals surface area contributed by atoms with Crippen molar-refractivity contribution in [1.82, 2.24) is 5.43 Å². The number of rotatable bonds is 4. The van der Waals surface area contributed by atoms with Crippen LogP contribution in [-0.2, 0) is 14.4 Å². The van der Waals surface area contributed by atoms with Crippen LogP contribution in [0.5, 0.6) is 5.75 Å². The van der Waals surface area contributed by atoms with Crippen LogP contribution in [-0.4, -0.2) is 31.9 Å². The molecule has 0 aliphatic carbocycles. The van der Waals surface area contributed by atoms with Crippen molar-refractivity contribution in [2.75, 3.05) is 24.0 Å². The van der Waals surface area contributed by atoms with Crippen LogP contribution < -0.4 is 20.1 Å². The summed E-state index contributed by atoms with van der Waals surface area (Å²) in [5.74, 6) is -1.20. The number of esters is 1. The third kappa shape index (κ3) is 3.82. The molecule has 7 heteroatoms. The summed E-state index contributed by atoms with van der Waals surface area (Å²) in [6, 6.07) is 14.0. The molecule has 1 saturated heterocycles. The number of hydrogen-bond donors (Lipinski definition) is 1. The van der Waals surface area contributed by atoms with Crippen LogP contribution in [0.25, 0.3) is 6.08 Å². The Morgan fingerprint density at radius 2 is 1.81 bits per heavy atom. The first kappa shape index (κ1) is 18.2. The van der Waals surface area contributed by atoms with Gasteiger partial charge in [-0.2, -0.15) is 0 Å². The van der Waals surface area contributed by atoms with Gasteiger partial charge in [-0.3, -0.25) is 19.8 Å². The average molecular weight is 365 g/mol. The van der Waals surface area contributed by atoms with Crippen molar-refractivity contribution in [2.24, 2.45) is 0 Å². The fraction of sp³-hybridized carbons (Fsp3) is 0.150. The third-order valence-electron chi connectivity index (χ3n) is 3.97. The van der Waals surface area contributed by atoms with E-state index in [1.807, 2.05) is 31.1 Å². The maximum Gasteiger partial charge on any atom is 0.308 e. The number of hydrogen-bond acceptors (Lipinski definition) is 5.